The zero-order valence-corrected chi connectivity index (χ0v) is 8.07. The summed E-state index contributed by atoms with van der Waals surface area (Å²) in [5.41, 5.74) is 1.01. The van der Waals surface area contributed by atoms with Gasteiger partial charge in [0.05, 0.1) is 0 Å². The Morgan fingerprint density at radius 2 is 2.23 bits per heavy atom. The van der Waals surface area contributed by atoms with Gasteiger partial charge < -0.3 is 4.55 Å². The van der Waals surface area contributed by atoms with E-state index in [1.54, 1.807) is 25.1 Å². The van der Waals surface area contributed by atoms with Crippen molar-refractivity contribution < 1.29 is 13.2 Å². The molecule has 0 saturated carbocycles. The second kappa shape index (κ2) is 4.48. The van der Waals surface area contributed by atoms with Crippen LogP contribution in [-0.2, 0) is 17.5 Å². The third kappa shape index (κ3) is 2.90. The molecule has 0 radical (unpaired) electrons. The number of hydrogen-bond donors (Lipinski definition) is 0. The van der Waals surface area contributed by atoms with Crippen LogP contribution < -0.4 is 0 Å². The first kappa shape index (κ1) is 10.3. The average Bonchev–Trinajstić information content (AvgIpc) is 2.07. The van der Waals surface area contributed by atoms with Crippen LogP contribution in [-0.4, -0.2) is 14.5 Å². The fourth-order valence-corrected chi connectivity index (χ4v) is 1.48. The standard InChI is InChI=1S/C9H11FO2S/c1-7-3-2-4-8(9(7)10)5-6-13(11)12/h2-4H,5-6H2,1H3,(H,11,12)/p-1. The quantitative estimate of drug-likeness (QED) is 0.696. The average molecular weight is 201 g/mol. The SMILES string of the molecule is Cc1cccc(CCS(=O)[O-])c1F. The fraction of sp³-hybridized carbons (Fsp3) is 0.333. The highest BCUT2D eigenvalue weighted by Gasteiger charge is 2.03. The molecule has 1 rings (SSSR count). The number of hydrogen-bond acceptors (Lipinski definition) is 2. The van der Waals surface area contributed by atoms with Crippen molar-refractivity contribution in [3.63, 3.8) is 0 Å². The second-order valence-electron chi connectivity index (χ2n) is 2.81. The molecule has 0 saturated heterocycles. The van der Waals surface area contributed by atoms with E-state index in [1.807, 2.05) is 0 Å². The van der Waals surface area contributed by atoms with Crippen molar-refractivity contribution in [1.82, 2.24) is 0 Å². The van der Waals surface area contributed by atoms with Crippen molar-refractivity contribution in [2.45, 2.75) is 13.3 Å². The van der Waals surface area contributed by atoms with Gasteiger partial charge in [-0.25, -0.2) is 4.39 Å². The van der Waals surface area contributed by atoms with Crippen LogP contribution in [0.5, 0.6) is 0 Å². The van der Waals surface area contributed by atoms with E-state index in [1.165, 1.54) is 0 Å². The molecule has 0 N–H and O–H groups in total. The minimum absolute atomic E-state index is 0.0274. The third-order valence-corrected chi connectivity index (χ3v) is 2.35. The van der Waals surface area contributed by atoms with Crippen molar-refractivity contribution in [3.8, 4) is 0 Å². The van der Waals surface area contributed by atoms with Crippen LogP contribution in [0.3, 0.4) is 0 Å². The Hall–Kier alpha value is -0.740. The van der Waals surface area contributed by atoms with E-state index >= 15 is 0 Å². The maximum absolute atomic E-state index is 13.3. The Morgan fingerprint density at radius 1 is 1.54 bits per heavy atom. The van der Waals surface area contributed by atoms with Gasteiger partial charge in [-0.15, -0.1) is 0 Å². The molecule has 0 amide bonds. The first-order valence-electron chi connectivity index (χ1n) is 3.91. The van der Waals surface area contributed by atoms with E-state index in [9.17, 15) is 13.2 Å². The van der Waals surface area contributed by atoms with E-state index in [0.717, 1.165) is 0 Å². The molecule has 0 aliphatic heterocycles. The van der Waals surface area contributed by atoms with Gasteiger partial charge in [0.1, 0.15) is 5.82 Å². The van der Waals surface area contributed by atoms with Gasteiger partial charge in [0, 0.05) is 5.75 Å². The molecular formula is C9H10FO2S-. The molecule has 0 fully saturated rings. The van der Waals surface area contributed by atoms with Crippen LogP contribution in [0.1, 0.15) is 11.1 Å². The van der Waals surface area contributed by atoms with Crippen molar-refractivity contribution >= 4 is 11.1 Å². The Kier molecular flexibility index (Phi) is 3.57. The lowest BCUT2D eigenvalue weighted by Crippen LogP contribution is -2.02. The summed E-state index contributed by atoms with van der Waals surface area (Å²) in [6.45, 7) is 1.66. The highest BCUT2D eigenvalue weighted by atomic mass is 32.2. The lowest BCUT2D eigenvalue weighted by Gasteiger charge is -2.06. The summed E-state index contributed by atoms with van der Waals surface area (Å²) in [6, 6.07) is 4.99. The molecule has 0 bridgehead atoms. The summed E-state index contributed by atoms with van der Waals surface area (Å²) in [4.78, 5) is 0. The summed E-state index contributed by atoms with van der Waals surface area (Å²) >= 11 is -2.10. The molecular weight excluding hydrogens is 191 g/mol. The van der Waals surface area contributed by atoms with Gasteiger partial charge in [0.25, 0.3) is 0 Å². The molecule has 72 valence electrons. The Balaban J connectivity index is 2.77. The third-order valence-electron chi connectivity index (χ3n) is 1.81. The summed E-state index contributed by atoms with van der Waals surface area (Å²) < 4.78 is 33.7. The largest absolute Gasteiger partial charge is 0.772 e. The van der Waals surface area contributed by atoms with Gasteiger partial charge in [-0.3, -0.25) is 4.21 Å². The van der Waals surface area contributed by atoms with Crippen LogP contribution in [0.2, 0.25) is 0 Å². The first-order valence-corrected chi connectivity index (χ1v) is 5.15. The zero-order valence-electron chi connectivity index (χ0n) is 7.25. The Morgan fingerprint density at radius 3 is 2.85 bits per heavy atom. The number of benzene rings is 1. The van der Waals surface area contributed by atoms with Crippen molar-refractivity contribution in [2.24, 2.45) is 0 Å². The molecule has 0 aliphatic carbocycles. The maximum atomic E-state index is 13.3. The molecule has 2 nitrogen and oxygen atoms in total. The minimum Gasteiger partial charge on any atom is -0.772 e. The highest BCUT2D eigenvalue weighted by molar-refractivity contribution is 7.79. The van der Waals surface area contributed by atoms with Gasteiger partial charge in [0.2, 0.25) is 0 Å². The van der Waals surface area contributed by atoms with E-state index in [0.29, 0.717) is 11.1 Å². The number of halogens is 1. The molecule has 4 heteroatoms. The van der Waals surface area contributed by atoms with E-state index in [-0.39, 0.29) is 18.0 Å². The summed E-state index contributed by atoms with van der Waals surface area (Å²) in [7, 11) is 0. The highest BCUT2D eigenvalue weighted by Crippen LogP contribution is 2.12. The molecule has 1 aromatic rings. The lowest BCUT2D eigenvalue weighted by molar-refractivity contribution is 0.535. The minimum atomic E-state index is -2.10. The van der Waals surface area contributed by atoms with E-state index in [4.69, 9.17) is 0 Å². The molecule has 1 unspecified atom stereocenters. The van der Waals surface area contributed by atoms with Crippen molar-refractivity contribution in [1.29, 1.82) is 0 Å². The monoisotopic (exact) mass is 201 g/mol. The predicted octanol–water partition coefficient (Wildman–Crippen LogP) is 1.56. The summed E-state index contributed by atoms with van der Waals surface area (Å²) in [5, 5.41) is 0. The predicted molar refractivity (Wildman–Crippen MR) is 48.6 cm³/mol. The van der Waals surface area contributed by atoms with Crippen molar-refractivity contribution in [3.05, 3.63) is 35.1 Å². The molecule has 0 aromatic heterocycles. The van der Waals surface area contributed by atoms with Gasteiger partial charge >= 0.3 is 0 Å². The Labute approximate surface area is 79.1 Å². The van der Waals surface area contributed by atoms with Gasteiger partial charge in [-0.2, -0.15) is 0 Å². The zero-order chi connectivity index (χ0) is 9.84. The van der Waals surface area contributed by atoms with E-state index in [2.05, 4.69) is 0 Å². The van der Waals surface area contributed by atoms with E-state index < -0.39 is 11.1 Å². The van der Waals surface area contributed by atoms with Crippen molar-refractivity contribution in [2.75, 3.05) is 5.75 Å². The summed E-state index contributed by atoms with van der Waals surface area (Å²) in [6.07, 6.45) is 0.240. The first-order chi connectivity index (χ1) is 6.11. The molecule has 13 heavy (non-hydrogen) atoms. The van der Waals surface area contributed by atoms with Crippen LogP contribution in [0, 0.1) is 12.7 Å². The van der Waals surface area contributed by atoms with Crippen LogP contribution >= 0.6 is 0 Å². The normalized spacial score (nSPS) is 12.8. The number of rotatable bonds is 3. The number of aryl methyl sites for hydroxylation is 2. The van der Waals surface area contributed by atoms with Crippen LogP contribution in [0.15, 0.2) is 18.2 Å². The molecule has 0 aliphatic rings. The lowest BCUT2D eigenvalue weighted by atomic mass is 10.1. The topological polar surface area (TPSA) is 40.1 Å². The molecule has 1 aromatic carbocycles. The molecule has 0 heterocycles. The summed E-state index contributed by atoms with van der Waals surface area (Å²) in [5.74, 6) is -0.326. The van der Waals surface area contributed by atoms with Crippen LogP contribution in [0.25, 0.3) is 0 Å². The Bertz CT molecular complexity index is 325. The van der Waals surface area contributed by atoms with Gasteiger partial charge in [-0.05, 0) is 24.5 Å². The second-order valence-corrected chi connectivity index (χ2v) is 3.82. The maximum Gasteiger partial charge on any atom is 0.129 e. The van der Waals surface area contributed by atoms with Gasteiger partial charge in [0.15, 0.2) is 0 Å². The molecule has 0 spiro atoms. The van der Waals surface area contributed by atoms with Crippen LogP contribution in [0.4, 0.5) is 4.39 Å². The smallest absolute Gasteiger partial charge is 0.129 e. The fourth-order valence-electron chi connectivity index (χ4n) is 1.09. The van der Waals surface area contributed by atoms with Gasteiger partial charge in [-0.1, -0.05) is 29.3 Å². The molecule has 1 atom stereocenters.